The Balaban J connectivity index is 1.35. The second kappa shape index (κ2) is 8.85. The van der Waals surface area contributed by atoms with E-state index in [1.807, 2.05) is 60.7 Å². The Morgan fingerprint density at radius 1 is 1.13 bits per heavy atom. The molecule has 0 bridgehead atoms. The molecule has 0 aliphatic carbocycles. The molecule has 1 amide bonds. The van der Waals surface area contributed by atoms with Crippen molar-refractivity contribution in [1.82, 2.24) is 14.6 Å². The number of nitrogens with zero attached hydrogens (tertiary/aromatic N) is 1. The van der Waals surface area contributed by atoms with E-state index in [9.17, 15) is 13.2 Å². The first kappa shape index (κ1) is 20.4. The summed E-state index contributed by atoms with van der Waals surface area (Å²) in [7, 11) is -3.49. The van der Waals surface area contributed by atoms with Crippen molar-refractivity contribution in [3.05, 3.63) is 77.3 Å². The molecular formula is C23H25N3O3S. The molecule has 1 unspecified atom stereocenters. The molecule has 2 N–H and O–H groups in total. The molecule has 6 nitrogen and oxygen atoms in total. The third-order valence-corrected chi connectivity index (χ3v) is 6.93. The number of H-pyrrole nitrogens is 1. The summed E-state index contributed by atoms with van der Waals surface area (Å²) in [5, 5.41) is 5.21. The van der Waals surface area contributed by atoms with E-state index in [0.29, 0.717) is 25.3 Å². The Kier molecular flexibility index (Phi) is 6.01. The van der Waals surface area contributed by atoms with Crippen LogP contribution in [0.2, 0.25) is 0 Å². The van der Waals surface area contributed by atoms with E-state index in [2.05, 4.69) is 10.3 Å². The number of fused-ring (bicyclic) bond motifs is 1. The SMILES string of the molecule is O=C(NCC1CCCN(S(=O)(=O)/C=C/c2ccccc2)C1)c1cc2ccccc2[nH]1. The minimum Gasteiger partial charge on any atom is -0.351 e. The zero-order chi connectivity index (χ0) is 21.0. The number of carbonyl (C=O) groups excluding carboxylic acids is 1. The third-order valence-electron chi connectivity index (χ3n) is 5.40. The predicted molar refractivity (Wildman–Crippen MR) is 119 cm³/mol. The van der Waals surface area contributed by atoms with Crippen LogP contribution in [0.1, 0.15) is 28.9 Å². The Morgan fingerprint density at radius 3 is 2.70 bits per heavy atom. The fourth-order valence-corrected chi connectivity index (χ4v) is 5.07. The van der Waals surface area contributed by atoms with Gasteiger partial charge in [-0.3, -0.25) is 4.79 Å². The molecule has 0 saturated carbocycles. The molecule has 2 aromatic carbocycles. The maximum absolute atomic E-state index is 12.7. The van der Waals surface area contributed by atoms with Gasteiger partial charge in [-0.1, -0.05) is 48.5 Å². The normalized spacial score (nSPS) is 18.1. The molecule has 1 aliphatic heterocycles. The van der Waals surface area contributed by atoms with Crippen LogP contribution in [0.4, 0.5) is 0 Å². The fourth-order valence-electron chi connectivity index (χ4n) is 3.77. The highest BCUT2D eigenvalue weighted by atomic mass is 32.2. The first-order valence-corrected chi connectivity index (χ1v) is 11.6. The van der Waals surface area contributed by atoms with E-state index in [1.54, 1.807) is 6.08 Å². The summed E-state index contributed by atoms with van der Waals surface area (Å²) in [6.07, 6.45) is 3.29. The second-order valence-corrected chi connectivity index (χ2v) is 9.42. The van der Waals surface area contributed by atoms with Crippen molar-refractivity contribution < 1.29 is 13.2 Å². The standard InChI is InChI=1S/C23H25N3O3S/c27-23(22-15-20-10-4-5-11-21(20)25-22)24-16-19-9-6-13-26(17-19)30(28,29)14-12-18-7-2-1-3-8-18/h1-5,7-8,10-12,14-15,19,25H,6,9,13,16-17H2,(H,24,27)/b14-12+. The molecule has 3 aromatic rings. The number of carbonyl (C=O) groups is 1. The van der Waals surface area contributed by atoms with Crippen LogP contribution in [0.5, 0.6) is 0 Å². The molecule has 7 heteroatoms. The minimum absolute atomic E-state index is 0.0898. The minimum atomic E-state index is -3.49. The highest BCUT2D eigenvalue weighted by Gasteiger charge is 2.27. The van der Waals surface area contributed by atoms with Gasteiger partial charge in [0.15, 0.2) is 0 Å². The molecule has 2 heterocycles. The summed E-state index contributed by atoms with van der Waals surface area (Å²) in [6, 6.07) is 18.9. The van der Waals surface area contributed by atoms with Crippen molar-refractivity contribution in [2.45, 2.75) is 12.8 Å². The largest absolute Gasteiger partial charge is 0.351 e. The Labute approximate surface area is 176 Å². The average Bonchev–Trinajstić information content (AvgIpc) is 3.22. The van der Waals surface area contributed by atoms with E-state index in [-0.39, 0.29) is 11.8 Å². The molecule has 4 rings (SSSR count). The lowest BCUT2D eigenvalue weighted by atomic mass is 10.00. The van der Waals surface area contributed by atoms with Gasteiger partial charge in [-0.05, 0) is 42.5 Å². The van der Waals surface area contributed by atoms with Crippen molar-refractivity contribution >= 4 is 32.9 Å². The monoisotopic (exact) mass is 423 g/mol. The number of piperidine rings is 1. The highest BCUT2D eigenvalue weighted by Crippen LogP contribution is 2.20. The van der Waals surface area contributed by atoms with Gasteiger partial charge < -0.3 is 10.3 Å². The smallest absolute Gasteiger partial charge is 0.267 e. The highest BCUT2D eigenvalue weighted by molar-refractivity contribution is 7.92. The summed E-state index contributed by atoms with van der Waals surface area (Å²) in [5.74, 6) is -0.0814. The molecular weight excluding hydrogens is 398 g/mol. The van der Waals surface area contributed by atoms with Crippen molar-refractivity contribution in [3.8, 4) is 0 Å². The number of hydrogen-bond donors (Lipinski definition) is 2. The fraction of sp³-hybridized carbons (Fsp3) is 0.261. The van der Waals surface area contributed by atoms with Crippen LogP contribution >= 0.6 is 0 Å². The van der Waals surface area contributed by atoms with Gasteiger partial charge in [0.2, 0.25) is 10.0 Å². The van der Waals surface area contributed by atoms with Gasteiger partial charge in [0.05, 0.1) is 0 Å². The lowest BCUT2D eigenvalue weighted by Crippen LogP contribution is -2.43. The Hall–Kier alpha value is -2.90. The summed E-state index contributed by atoms with van der Waals surface area (Å²) in [5.41, 5.74) is 2.28. The first-order valence-electron chi connectivity index (χ1n) is 10.1. The van der Waals surface area contributed by atoms with Gasteiger partial charge >= 0.3 is 0 Å². The number of hydrogen-bond acceptors (Lipinski definition) is 3. The van der Waals surface area contributed by atoms with Crippen LogP contribution in [-0.4, -0.2) is 43.2 Å². The van der Waals surface area contributed by atoms with Gasteiger partial charge in [0, 0.05) is 35.9 Å². The van der Waals surface area contributed by atoms with E-state index in [0.717, 1.165) is 29.3 Å². The van der Waals surface area contributed by atoms with E-state index < -0.39 is 10.0 Å². The molecule has 1 saturated heterocycles. The number of amides is 1. The maximum Gasteiger partial charge on any atom is 0.267 e. The molecule has 1 aliphatic rings. The topological polar surface area (TPSA) is 82.3 Å². The first-order chi connectivity index (χ1) is 14.5. The summed E-state index contributed by atoms with van der Waals surface area (Å²) in [4.78, 5) is 15.6. The molecule has 0 spiro atoms. The van der Waals surface area contributed by atoms with Crippen LogP contribution in [0.15, 0.2) is 66.1 Å². The average molecular weight is 424 g/mol. The van der Waals surface area contributed by atoms with E-state index in [4.69, 9.17) is 0 Å². The molecule has 1 aromatic heterocycles. The number of para-hydroxylation sites is 1. The number of nitrogens with one attached hydrogen (secondary N) is 2. The third kappa shape index (κ3) is 4.80. The van der Waals surface area contributed by atoms with Gasteiger partial charge in [-0.2, -0.15) is 4.31 Å². The maximum atomic E-state index is 12.7. The molecule has 156 valence electrons. The van der Waals surface area contributed by atoms with Crippen LogP contribution in [0, 0.1) is 5.92 Å². The lowest BCUT2D eigenvalue weighted by molar-refractivity contribution is 0.0937. The number of rotatable bonds is 6. The predicted octanol–water partition coefficient (Wildman–Crippen LogP) is 3.61. The number of sulfonamides is 1. The Morgan fingerprint density at radius 2 is 1.90 bits per heavy atom. The second-order valence-electron chi connectivity index (χ2n) is 7.60. The number of aromatic amines is 1. The summed E-state index contributed by atoms with van der Waals surface area (Å²) in [6.45, 7) is 1.37. The Bertz CT molecular complexity index is 1120. The van der Waals surface area contributed by atoms with Gasteiger partial charge in [0.25, 0.3) is 5.91 Å². The van der Waals surface area contributed by atoms with Crippen LogP contribution < -0.4 is 5.32 Å². The summed E-state index contributed by atoms with van der Waals surface area (Å²) >= 11 is 0. The quantitative estimate of drug-likeness (QED) is 0.635. The molecule has 30 heavy (non-hydrogen) atoms. The van der Waals surface area contributed by atoms with Gasteiger partial charge in [0.1, 0.15) is 5.69 Å². The number of benzene rings is 2. The van der Waals surface area contributed by atoms with Crippen molar-refractivity contribution in [3.63, 3.8) is 0 Å². The summed E-state index contributed by atoms with van der Waals surface area (Å²) < 4.78 is 26.9. The van der Waals surface area contributed by atoms with E-state index in [1.165, 1.54) is 9.71 Å². The zero-order valence-corrected chi connectivity index (χ0v) is 17.4. The van der Waals surface area contributed by atoms with Crippen LogP contribution in [-0.2, 0) is 10.0 Å². The van der Waals surface area contributed by atoms with Crippen molar-refractivity contribution in [1.29, 1.82) is 0 Å². The molecule has 0 radical (unpaired) electrons. The van der Waals surface area contributed by atoms with Crippen molar-refractivity contribution in [2.75, 3.05) is 19.6 Å². The zero-order valence-electron chi connectivity index (χ0n) is 16.6. The van der Waals surface area contributed by atoms with Gasteiger partial charge in [-0.15, -0.1) is 0 Å². The van der Waals surface area contributed by atoms with Crippen molar-refractivity contribution in [2.24, 2.45) is 5.92 Å². The van der Waals surface area contributed by atoms with Crippen LogP contribution in [0.25, 0.3) is 17.0 Å². The molecule has 1 atom stereocenters. The number of aromatic nitrogens is 1. The lowest BCUT2D eigenvalue weighted by Gasteiger charge is -2.31. The van der Waals surface area contributed by atoms with Crippen LogP contribution in [0.3, 0.4) is 0 Å². The molecule has 1 fully saturated rings. The van der Waals surface area contributed by atoms with Gasteiger partial charge in [-0.25, -0.2) is 8.42 Å². The van der Waals surface area contributed by atoms with E-state index >= 15 is 0 Å².